The molecule has 1 atom stereocenters. The Labute approximate surface area is 104 Å². The number of aromatic nitrogens is 4. The molecule has 1 aromatic rings. The molecule has 0 amide bonds. The highest BCUT2D eigenvalue weighted by molar-refractivity contribution is 8.00. The molecule has 0 bridgehead atoms. The molecule has 1 fully saturated rings. The van der Waals surface area contributed by atoms with Crippen molar-refractivity contribution in [3.05, 3.63) is 0 Å². The summed E-state index contributed by atoms with van der Waals surface area (Å²) in [5.41, 5.74) is 0. The van der Waals surface area contributed by atoms with E-state index in [1.165, 1.54) is 19.3 Å². The van der Waals surface area contributed by atoms with Crippen LogP contribution in [0.15, 0.2) is 5.16 Å². The van der Waals surface area contributed by atoms with Crippen LogP contribution in [-0.4, -0.2) is 31.4 Å². The van der Waals surface area contributed by atoms with E-state index in [4.69, 9.17) is 0 Å². The maximum Gasteiger partial charge on any atom is 0.210 e. The summed E-state index contributed by atoms with van der Waals surface area (Å²) in [5.74, 6) is -1.09. The summed E-state index contributed by atoms with van der Waals surface area (Å²) in [6.07, 6.45) is 5.77. The minimum atomic E-state index is -1.09. The molecule has 1 saturated carbocycles. The second kappa shape index (κ2) is 5.48. The number of carbonyl (C=O) groups is 1. The molecule has 94 valence electrons. The van der Waals surface area contributed by atoms with E-state index < -0.39 is 11.2 Å². The molecule has 1 aliphatic rings. The third-order valence-corrected chi connectivity index (χ3v) is 4.02. The number of carboxylic acids is 1. The number of rotatable bonds is 4. The highest BCUT2D eigenvalue weighted by atomic mass is 32.2. The topological polar surface area (TPSA) is 83.7 Å². The predicted molar refractivity (Wildman–Crippen MR) is 60.3 cm³/mol. The van der Waals surface area contributed by atoms with E-state index in [0.29, 0.717) is 11.2 Å². The zero-order valence-electron chi connectivity index (χ0n) is 9.70. The SMILES string of the molecule is C[C@H](Sc1nnnn1C1CCCCC1)C(=O)[O-]. The molecule has 0 saturated heterocycles. The van der Waals surface area contributed by atoms with Gasteiger partial charge in [0.25, 0.3) is 0 Å². The Morgan fingerprint density at radius 1 is 1.47 bits per heavy atom. The fraction of sp³-hybridized carbons (Fsp3) is 0.800. The van der Waals surface area contributed by atoms with Gasteiger partial charge in [-0.1, -0.05) is 31.0 Å². The van der Waals surface area contributed by atoms with E-state index >= 15 is 0 Å². The summed E-state index contributed by atoms with van der Waals surface area (Å²) >= 11 is 1.14. The van der Waals surface area contributed by atoms with Crippen LogP contribution in [0, 0.1) is 0 Å². The van der Waals surface area contributed by atoms with E-state index in [0.717, 1.165) is 24.6 Å². The van der Waals surface area contributed by atoms with Gasteiger partial charge < -0.3 is 9.90 Å². The van der Waals surface area contributed by atoms with Gasteiger partial charge in [0.2, 0.25) is 5.16 Å². The van der Waals surface area contributed by atoms with E-state index in [9.17, 15) is 9.90 Å². The second-order valence-electron chi connectivity index (χ2n) is 4.28. The molecule has 0 unspecified atom stereocenters. The molecule has 0 aliphatic heterocycles. The van der Waals surface area contributed by atoms with Crippen molar-refractivity contribution in [3.63, 3.8) is 0 Å². The summed E-state index contributed by atoms with van der Waals surface area (Å²) in [4.78, 5) is 10.7. The smallest absolute Gasteiger partial charge is 0.210 e. The van der Waals surface area contributed by atoms with Crippen LogP contribution in [-0.2, 0) is 4.79 Å². The maximum atomic E-state index is 10.7. The highest BCUT2D eigenvalue weighted by Crippen LogP contribution is 2.31. The number of aliphatic carboxylic acids is 1. The molecule has 1 aromatic heterocycles. The lowest BCUT2D eigenvalue weighted by Crippen LogP contribution is -2.31. The normalized spacial score (nSPS) is 19.1. The fourth-order valence-electron chi connectivity index (χ4n) is 2.02. The molecule has 1 heterocycles. The Morgan fingerprint density at radius 3 is 2.82 bits per heavy atom. The van der Waals surface area contributed by atoms with Gasteiger partial charge in [0.05, 0.1) is 12.0 Å². The summed E-state index contributed by atoms with van der Waals surface area (Å²) in [5, 5.41) is 22.1. The largest absolute Gasteiger partial charge is 0.549 e. The van der Waals surface area contributed by atoms with Gasteiger partial charge in [0.1, 0.15) is 0 Å². The van der Waals surface area contributed by atoms with Crippen LogP contribution in [0.25, 0.3) is 0 Å². The minimum absolute atomic E-state index is 0.315. The van der Waals surface area contributed by atoms with Crippen molar-refractivity contribution < 1.29 is 9.90 Å². The first-order valence-electron chi connectivity index (χ1n) is 5.84. The first-order valence-corrected chi connectivity index (χ1v) is 6.72. The lowest BCUT2D eigenvalue weighted by atomic mass is 9.96. The molecule has 0 N–H and O–H groups in total. The van der Waals surface area contributed by atoms with E-state index in [1.807, 2.05) is 0 Å². The number of hydrogen-bond donors (Lipinski definition) is 0. The predicted octanol–water partition coefficient (Wildman–Crippen LogP) is 0.409. The van der Waals surface area contributed by atoms with Crippen LogP contribution in [0.3, 0.4) is 0 Å². The zero-order valence-corrected chi connectivity index (χ0v) is 10.5. The Bertz CT molecular complexity index is 389. The second-order valence-corrected chi connectivity index (χ2v) is 5.58. The Morgan fingerprint density at radius 2 is 2.18 bits per heavy atom. The first kappa shape index (κ1) is 12.3. The molecule has 2 rings (SSSR count). The standard InChI is InChI=1S/C10H16N4O2S/c1-7(9(15)16)17-10-11-12-13-14(10)8-5-3-2-4-6-8/h7-8H,2-6H2,1H3,(H,15,16)/p-1/t7-/m0/s1. The molecule has 0 spiro atoms. The van der Waals surface area contributed by atoms with E-state index in [-0.39, 0.29) is 0 Å². The van der Waals surface area contributed by atoms with Crippen LogP contribution in [0.5, 0.6) is 0 Å². The number of nitrogens with zero attached hydrogens (tertiary/aromatic N) is 4. The number of carbonyl (C=O) groups excluding carboxylic acids is 1. The van der Waals surface area contributed by atoms with Crippen molar-refractivity contribution in [1.82, 2.24) is 20.2 Å². The summed E-state index contributed by atoms with van der Waals surface area (Å²) < 4.78 is 1.77. The van der Waals surface area contributed by atoms with Crippen molar-refractivity contribution in [2.24, 2.45) is 0 Å². The zero-order chi connectivity index (χ0) is 12.3. The number of carboxylic acid groups (broad SMARTS) is 1. The maximum absolute atomic E-state index is 10.7. The van der Waals surface area contributed by atoms with Gasteiger partial charge in [-0.2, -0.15) is 0 Å². The highest BCUT2D eigenvalue weighted by Gasteiger charge is 2.21. The van der Waals surface area contributed by atoms with Gasteiger partial charge >= 0.3 is 0 Å². The molecule has 0 radical (unpaired) electrons. The lowest BCUT2D eigenvalue weighted by molar-refractivity contribution is -0.304. The quantitative estimate of drug-likeness (QED) is 0.724. The van der Waals surface area contributed by atoms with Gasteiger partial charge in [-0.05, 0) is 30.2 Å². The molecule has 7 heteroatoms. The van der Waals surface area contributed by atoms with Crippen LogP contribution in [0.2, 0.25) is 0 Å². The molecule has 6 nitrogen and oxygen atoms in total. The van der Waals surface area contributed by atoms with Crippen molar-refractivity contribution in [3.8, 4) is 0 Å². The molecule has 17 heavy (non-hydrogen) atoms. The van der Waals surface area contributed by atoms with Gasteiger partial charge in [-0.25, -0.2) is 4.68 Å². The summed E-state index contributed by atoms with van der Waals surface area (Å²) in [6.45, 7) is 1.58. The Balaban J connectivity index is 2.07. The van der Waals surface area contributed by atoms with Gasteiger partial charge in [-0.3, -0.25) is 0 Å². The van der Waals surface area contributed by atoms with Crippen molar-refractivity contribution in [1.29, 1.82) is 0 Å². The third-order valence-electron chi connectivity index (χ3n) is 3.00. The summed E-state index contributed by atoms with van der Waals surface area (Å²) in [7, 11) is 0. The van der Waals surface area contributed by atoms with Crippen LogP contribution < -0.4 is 5.11 Å². The Kier molecular flexibility index (Phi) is 3.98. The first-order chi connectivity index (χ1) is 8.18. The van der Waals surface area contributed by atoms with E-state index in [1.54, 1.807) is 11.6 Å². The van der Waals surface area contributed by atoms with Gasteiger partial charge in [0.15, 0.2) is 0 Å². The van der Waals surface area contributed by atoms with Crippen LogP contribution in [0.4, 0.5) is 0 Å². The summed E-state index contributed by atoms with van der Waals surface area (Å²) in [6, 6.07) is 0.315. The number of hydrogen-bond acceptors (Lipinski definition) is 6. The monoisotopic (exact) mass is 255 g/mol. The van der Waals surface area contributed by atoms with Gasteiger partial charge in [0, 0.05) is 5.25 Å². The number of tetrazole rings is 1. The number of thioether (sulfide) groups is 1. The van der Waals surface area contributed by atoms with Crippen molar-refractivity contribution >= 4 is 17.7 Å². The molecular weight excluding hydrogens is 240 g/mol. The molecule has 1 aliphatic carbocycles. The molecule has 0 aromatic carbocycles. The van der Waals surface area contributed by atoms with Crippen LogP contribution >= 0.6 is 11.8 Å². The fourth-order valence-corrected chi connectivity index (χ4v) is 2.81. The molecular formula is C10H15N4O2S-. The van der Waals surface area contributed by atoms with Crippen molar-refractivity contribution in [2.45, 2.75) is 55.5 Å². The Hall–Kier alpha value is -1.11. The third kappa shape index (κ3) is 2.96. The minimum Gasteiger partial charge on any atom is -0.549 e. The average Bonchev–Trinajstić information content (AvgIpc) is 2.78. The van der Waals surface area contributed by atoms with Gasteiger partial charge in [-0.15, -0.1) is 5.10 Å². The average molecular weight is 255 g/mol. The van der Waals surface area contributed by atoms with E-state index in [2.05, 4.69) is 15.5 Å². The van der Waals surface area contributed by atoms with Crippen molar-refractivity contribution in [2.75, 3.05) is 0 Å². The lowest BCUT2D eigenvalue weighted by Gasteiger charge is -2.22. The van der Waals surface area contributed by atoms with Crippen LogP contribution in [0.1, 0.15) is 45.1 Å².